The van der Waals surface area contributed by atoms with Crippen molar-refractivity contribution in [2.75, 3.05) is 0 Å². The van der Waals surface area contributed by atoms with Crippen LogP contribution in [0.3, 0.4) is 0 Å². The van der Waals surface area contributed by atoms with Gasteiger partial charge in [-0.25, -0.2) is 9.67 Å². The monoisotopic (exact) mass is 270 g/mol. The van der Waals surface area contributed by atoms with E-state index in [0.29, 0.717) is 23.6 Å². The molecule has 3 aromatic rings. The van der Waals surface area contributed by atoms with Gasteiger partial charge in [-0.2, -0.15) is 0 Å². The molecule has 20 heavy (non-hydrogen) atoms. The normalized spacial score (nSPS) is 12.7. The van der Waals surface area contributed by atoms with Crippen LogP contribution in [0.15, 0.2) is 41.5 Å². The Hall–Kier alpha value is -2.54. The van der Waals surface area contributed by atoms with E-state index in [1.165, 1.54) is 10.5 Å². The number of nitrogens with two attached hydrogens (primary N) is 1. The Labute approximate surface area is 114 Å². The molecule has 3 aromatic heterocycles. The van der Waals surface area contributed by atoms with Crippen LogP contribution in [0.2, 0.25) is 0 Å². The number of fused-ring (bicyclic) bond motifs is 1. The highest BCUT2D eigenvalue weighted by molar-refractivity contribution is 5.38. The van der Waals surface area contributed by atoms with E-state index in [2.05, 4.69) is 15.3 Å². The molecule has 0 aliphatic rings. The summed E-state index contributed by atoms with van der Waals surface area (Å²) in [5.74, 6) is 0. The zero-order chi connectivity index (χ0) is 14.1. The van der Waals surface area contributed by atoms with Gasteiger partial charge in [-0.1, -0.05) is 11.3 Å². The molecule has 0 radical (unpaired) electrons. The summed E-state index contributed by atoms with van der Waals surface area (Å²) in [4.78, 5) is 16.4. The molecular formula is C13H14N6O. The van der Waals surface area contributed by atoms with Gasteiger partial charge >= 0.3 is 0 Å². The van der Waals surface area contributed by atoms with E-state index >= 15 is 0 Å². The first-order valence-electron chi connectivity index (χ1n) is 6.26. The van der Waals surface area contributed by atoms with Crippen molar-refractivity contribution in [3.05, 3.63) is 58.4 Å². The highest BCUT2D eigenvalue weighted by atomic mass is 16.1. The zero-order valence-electron chi connectivity index (χ0n) is 11.0. The molecule has 0 aliphatic heterocycles. The zero-order valence-corrected chi connectivity index (χ0v) is 11.0. The molecule has 0 saturated carbocycles. The minimum atomic E-state index is -0.168. The Bertz CT molecular complexity index is 804. The molecule has 0 spiro atoms. The van der Waals surface area contributed by atoms with Gasteiger partial charge in [0.05, 0.1) is 24.1 Å². The molecule has 0 saturated heterocycles. The largest absolute Gasteiger partial charge is 0.323 e. The lowest BCUT2D eigenvalue weighted by molar-refractivity contribution is 0.636. The van der Waals surface area contributed by atoms with Crippen LogP contribution in [0.25, 0.3) is 5.65 Å². The Kier molecular flexibility index (Phi) is 3.03. The summed E-state index contributed by atoms with van der Waals surface area (Å²) in [5.41, 5.74) is 7.59. The summed E-state index contributed by atoms with van der Waals surface area (Å²) in [6, 6.07) is 6.76. The molecule has 7 heteroatoms. The van der Waals surface area contributed by atoms with Gasteiger partial charge in [0.1, 0.15) is 5.65 Å². The lowest BCUT2D eigenvalue weighted by Crippen LogP contribution is -2.16. The second kappa shape index (κ2) is 4.86. The molecule has 0 aromatic carbocycles. The SMILES string of the molecule is CC(N)c1cn(Cc2cc(=O)n3ccccc3n2)nn1. The van der Waals surface area contributed by atoms with Crippen LogP contribution in [-0.2, 0) is 6.54 Å². The number of nitrogens with zero attached hydrogens (tertiary/aromatic N) is 5. The molecular weight excluding hydrogens is 256 g/mol. The second-order valence-electron chi connectivity index (χ2n) is 4.64. The smallest absolute Gasteiger partial charge is 0.258 e. The van der Waals surface area contributed by atoms with Gasteiger partial charge in [0.2, 0.25) is 0 Å². The molecule has 3 heterocycles. The Morgan fingerprint density at radius 1 is 1.40 bits per heavy atom. The highest BCUT2D eigenvalue weighted by Gasteiger charge is 2.07. The first-order valence-corrected chi connectivity index (χ1v) is 6.26. The predicted molar refractivity (Wildman–Crippen MR) is 73.2 cm³/mol. The van der Waals surface area contributed by atoms with Crippen molar-refractivity contribution in [1.29, 1.82) is 0 Å². The average Bonchev–Trinajstić information content (AvgIpc) is 2.87. The maximum atomic E-state index is 12.0. The van der Waals surface area contributed by atoms with Crippen molar-refractivity contribution < 1.29 is 0 Å². The van der Waals surface area contributed by atoms with Crippen LogP contribution in [-0.4, -0.2) is 24.4 Å². The quantitative estimate of drug-likeness (QED) is 0.741. The van der Waals surface area contributed by atoms with E-state index in [0.717, 1.165) is 0 Å². The lowest BCUT2D eigenvalue weighted by Gasteiger charge is -2.03. The van der Waals surface area contributed by atoms with Crippen LogP contribution < -0.4 is 11.3 Å². The summed E-state index contributed by atoms with van der Waals surface area (Å²) in [6.07, 6.45) is 3.46. The number of pyridine rings is 1. The van der Waals surface area contributed by atoms with E-state index in [9.17, 15) is 4.79 Å². The molecule has 102 valence electrons. The van der Waals surface area contributed by atoms with E-state index in [4.69, 9.17) is 5.73 Å². The molecule has 1 atom stereocenters. The molecule has 0 fully saturated rings. The summed E-state index contributed by atoms with van der Waals surface area (Å²) >= 11 is 0. The first-order chi connectivity index (χ1) is 9.63. The van der Waals surface area contributed by atoms with E-state index in [1.54, 1.807) is 29.2 Å². The summed E-state index contributed by atoms with van der Waals surface area (Å²) in [6.45, 7) is 2.23. The number of hydrogen-bond acceptors (Lipinski definition) is 5. The van der Waals surface area contributed by atoms with Gasteiger partial charge in [-0.15, -0.1) is 5.10 Å². The van der Waals surface area contributed by atoms with E-state index in [1.807, 2.05) is 13.0 Å². The molecule has 1 unspecified atom stereocenters. The van der Waals surface area contributed by atoms with Crippen molar-refractivity contribution in [2.45, 2.75) is 19.5 Å². The molecule has 7 nitrogen and oxygen atoms in total. The fourth-order valence-electron chi connectivity index (χ4n) is 1.95. The fourth-order valence-corrected chi connectivity index (χ4v) is 1.95. The Balaban J connectivity index is 1.96. The van der Waals surface area contributed by atoms with Crippen LogP contribution in [0.4, 0.5) is 0 Å². The van der Waals surface area contributed by atoms with E-state index < -0.39 is 0 Å². The van der Waals surface area contributed by atoms with E-state index in [-0.39, 0.29) is 11.6 Å². The molecule has 2 N–H and O–H groups in total. The van der Waals surface area contributed by atoms with Crippen molar-refractivity contribution in [2.24, 2.45) is 5.73 Å². The van der Waals surface area contributed by atoms with Crippen LogP contribution >= 0.6 is 0 Å². The molecule has 0 amide bonds. The minimum Gasteiger partial charge on any atom is -0.323 e. The third kappa shape index (κ3) is 2.30. The molecule has 0 bridgehead atoms. The molecule has 0 aliphatic carbocycles. The number of hydrogen-bond donors (Lipinski definition) is 1. The standard InChI is InChI=1S/C13H14N6O/c1-9(14)11-8-18(17-16-11)7-10-6-13(20)19-5-3-2-4-12(19)15-10/h2-6,8-9H,7,14H2,1H3. The van der Waals surface area contributed by atoms with Crippen molar-refractivity contribution >= 4 is 5.65 Å². The third-order valence-electron chi connectivity index (χ3n) is 2.97. The van der Waals surface area contributed by atoms with Gasteiger partial charge in [-0.3, -0.25) is 9.20 Å². The van der Waals surface area contributed by atoms with Gasteiger partial charge in [0, 0.05) is 18.3 Å². The van der Waals surface area contributed by atoms with Crippen molar-refractivity contribution in [1.82, 2.24) is 24.4 Å². The number of rotatable bonds is 3. The Morgan fingerprint density at radius 2 is 2.25 bits per heavy atom. The van der Waals surface area contributed by atoms with Crippen molar-refractivity contribution in [3.8, 4) is 0 Å². The highest BCUT2D eigenvalue weighted by Crippen LogP contribution is 2.05. The maximum absolute atomic E-state index is 12.0. The maximum Gasteiger partial charge on any atom is 0.258 e. The fraction of sp³-hybridized carbons (Fsp3) is 0.231. The third-order valence-corrected chi connectivity index (χ3v) is 2.97. The van der Waals surface area contributed by atoms with Crippen LogP contribution in [0, 0.1) is 0 Å². The Morgan fingerprint density at radius 3 is 3.00 bits per heavy atom. The van der Waals surface area contributed by atoms with Gasteiger partial charge in [-0.05, 0) is 19.1 Å². The summed E-state index contributed by atoms with van der Waals surface area (Å²) < 4.78 is 3.12. The average molecular weight is 270 g/mol. The minimum absolute atomic E-state index is 0.113. The lowest BCUT2D eigenvalue weighted by atomic mass is 10.3. The topological polar surface area (TPSA) is 91.1 Å². The van der Waals surface area contributed by atoms with Gasteiger partial charge in [0.15, 0.2) is 0 Å². The number of aromatic nitrogens is 5. The van der Waals surface area contributed by atoms with Crippen LogP contribution in [0.1, 0.15) is 24.4 Å². The van der Waals surface area contributed by atoms with Crippen molar-refractivity contribution in [3.63, 3.8) is 0 Å². The summed E-state index contributed by atoms with van der Waals surface area (Å²) in [5, 5.41) is 7.95. The van der Waals surface area contributed by atoms with Gasteiger partial charge in [0.25, 0.3) is 5.56 Å². The van der Waals surface area contributed by atoms with Crippen LogP contribution in [0.5, 0.6) is 0 Å². The summed E-state index contributed by atoms with van der Waals surface area (Å²) in [7, 11) is 0. The molecule has 3 rings (SSSR count). The second-order valence-corrected chi connectivity index (χ2v) is 4.64. The predicted octanol–water partition coefficient (Wildman–Crippen LogP) is 0.354. The first kappa shape index (κ1) is 12.5. The van der Waals surface area contributed by atoms with Gasteiger partial charge < -0.3 is 5.73 Å².